The highest BCUT2D eigenvalue weighted by Crippen LogP contribution is 2.27. The van der Waals surface area contributed by atoms with E-state index < -0.39 is 0 Å². The van der Waals surface area contributed by atoms with Crippen molar-refractivity contribution in [2.24, 2.45) is 0 Å². The van der Waals surface area contributed by atoms with Crippen LogP contribution in [0, 0.1) is 6.92 Å². The van der Waals surface area contributed by atoms with E-state index in [9.17, 15) is 0 Å². The second-order valence-corrected chi connectivity index (χ2v) is 6.55. The van der Waals surface area contributed by atoms with Gasteiger partial charge in [-0.25, -0.2) is 0 Å². The van der Waals surface area contributed by atoms with Gasteiger partial charge >= 0.3 is 0 Å². The van der Waals surface area contributed by atoms with E-state index in [1.54, 1.807) is 0 Å². The van der Waals surface area contributed by atoms with E-state index in [2.05, 4.69) is 19.2 Å². The molecule has 0 amide bonds. The number of hydrogen-bond donors (Lipinski definition) is 1. The van der Waals surface area contributed by atoms with Crippen LogP contribution in [0.4, 0.5) is 0 Å². The van der Waals surface area contributed by atoms with Gasteiger partial charge in [0.15, 0.2) is 0 Å². The zero-order valence-electron chi connectivity index (χ0n) is 13.3. The normalized spacial score (nSPS) is 23.4. The lowest BCUT2D eigenvalue weighted by Crippen LogP contribution is -2.44. The first-order chi connectivity index (χ1) is 10.2. The van der Waals surface area contributed by atoms with Gasteiger partial charge in [-0.15, -0.1) is 0 Å². The second-order valence-electron chi connectivity index (χ2n) is 6.12. The molecule has 0 aliphatic heterocycles. The zero-order valence-corrected chi connectivity index (χ0v) is 14.1. The summed E-state index contributed by atoms with van der Waals surface area (Å²) in [6.07, 6.45) is 9.01. The maximum atomic E-state index is 6.37. The molecule has 0 heterocycles. The van der Waals surface area contributed by atoms with E-state index >= 15 is 0 Å². The summed E-state index contributed by atoms with van der Waals surface area (Å²) in [7, 11) is 0. The predicted octanol–water partition coefficient (Wildman–Crippen LogP) is 5.12. The fourth-order valence-corrected chi connectivity index (χ4v) is 3.18. The summed E-state index contributed by atoms with van der Waals surface area (Å²) in [5.74, 6) is 0.941. The standard InChI is InChI=1S/C18H28ClNO/c1-3-12-20-16-8-6-4-5-7-9-17(16)21-18-13-15(19)11-10-14(18)2/h10-11,13,16-17,20H,3-9,12H2,1-2H3. The van der Waals surface area contributed by atoms with Crippen LogP contribution in [0.15, 0.2) is 18.2 Å². The van der Waals surface area contributed by atoms with E-state index in [0.717, 1.165) is 29.3 Å². The third kappa shape index (κ3) is 5.19. The van der Waals surface area contributed by atoms with Crippen molar-refractivity contribution in [3.05, 3.63) is 28.8 Å². The topological polar surface area (TPSA) is 21.3 Å². The van der Waals surface area contributed by atoms with E-state index in [1.807, 2.05) is 18.2 Å². The highest BCUT2D eigenvalue weighted by Gasteiger charge is 2.24. The van der Waals surface area contributed by atoms with Gasteiger partial charge in [-0.05, 0) is 56.8 Å². The Kier molecular flexibility index (Phi) is 6.85. The first-order valence-corrected chi connectivity index (χ1v) is 8.74. The fourth-order valence-electron chi connectivity index (χ4n) is 3.02. The van der Waals surface area contributed by atoms with Crippen molar-refractivity contribution in [2.45, 2.75) is 70.9 Å². The fraction of sp³-hybridized carbons (Fsp3) is 0.667. The van der Waals surface area contributed by atoms with E-state index in [1.165, 1.54) is 38.5 Å². The largest absolute Gasteiger partial charge is 0.488 e. The van der Waals surface area contributed by atoms with Crippen molar-refractivity contribution in [3.63, 3.8) is 0 Å². The molecule has 118 valence electrons. The van der Waals surface area contributed by atoms with Gasteiger partial charge in [-0.3, -0.25) is 0 Å². The highest BCUT2D eigenvalue weighted by molar-refractivity contribution is 6.30. The summed E-state index contributed by atoms with van der Waals surface area (Å²) in [5.41, 5.74) is 1.16. The summed E-state index contributed by atoms with van der Waals surface area (Å²) in [6.45, 7) is 5.37. The van der Waals surface area contributed by atoms with Crippen molar-refractivity contribution in [3.8, 4) is 5.75 Å². The molecule has 1 fully saturated rings. The van der Waals surface area contributed by atoms with Crippen LogP contribution < -0.4 is 10.1 Å². The summed E-state index contributed by atoms with van der Waals surface area (Å²) in [4.78, 5) is 0. The van der Waals surface area contributed by atoms with E-state index in [-0.39, 0.29) is 6.10 Å². The lowest BCUT2D eigenvalue weighted by molar-refractivity contribution is 0.126. The van der Waals surface area contributed by atoms with E-state index in [0.29, 0.717) is 6.04 Å². The molecule has 0 saturated heterocycles. The lowest BCUT2D eigenvalue weighted by atomic mass is 9.94. The Bertz CT molecular complexity index is 433. The SMILES string of the molecule is CCCNC1CCCCCCC1Oc1cc(Cl)ccc1C. The molecular weight excluding hydrogens is 282 g/mol. The average molecular weight is 310 g/mol. The average Bonchev–Trinajstić information content (AvgIpc) is 2.45. The number of ether oxygens (including phenoxy) is 1. The third-order valence-electron chi connectivity index (χ3n) is 4.29. The molecule has 0 aromatic heterocycles. The maximum Gasteiger partial charge on any atom is 0.124 e. The first kappa shape index (κ1) is 16.6. The van der Waals surface area contributed by atoms with Gasteiger partial charge in [0.2, 0.25) is 0 Å². The summed E-state index contributed by atoms with van der Waals surface area (Å²) in [5, 5.41) is 4.44. The number of rotatable bonds is 5. The van der Waals surface area contributed by atoms with Gasteiger partial charge < -0.3 is 10.1 Å². The predicted molar refractivity (Wildman–Crippen MR) is 90.4 cm³/mol. The van der Waals surface area contributed by atoms with Crippen molar-refractivity contribution in [1.82, 2.24) is 5.32 Å². The van der Waals surface area contributed by atoms with Crippen molar-refractivity contribution in [1.29, 1.82) is 0 Å². The molecule has 2 atom stereocenters. The van der Waals surface area contributed by atoms with Crippen LogP contribution in [0.3, 0.4) is 0 Å². The molecule has 2 nitrogen and oxygen atoms in total. The molecule has 3 heteroatoms. The highest BCUT2D eigenvalue weighted by atomic mass is 35.5. The molecule has 1 saturated carbocycles. The molecule has 2 rings (SSSR count). The molecule has 21 heavy (non-hydrogen) atoms. The first-order valence-electron chi connectivity index (χ1n) is 8.37. The van der Waals surface area contributed by atoms with Gasteiger partial charge in [-0.1, -0.05) is 43.9 Å². The summed E-state index contributed by atoms with van der Waals surface area (Å²) < 4.78 is 6.37. The van der Waals surface area contributed by atoms with Gasteiger partial charge in [0.05, 0.1) is 0 Å². The molecular formula is C18H28ClNO. The van der Waals surface area contributed by atoms with Crippen molar-refractivity contribution < 1.29 is 4.74 Å². The summed E-state index contributed by atoms with van der Waals surface area (Å²) in [6, 6.07) is 6.37. The molecule has 1 aliphatic rings. The molecule has 1 aromatic rings. The lowest BCUT2D eigenvalue weighted by Gasteiger charge is -2.31. The number of hydrogen-bond acceptors (Lipinski definition) is 2. The molecule has 0 spiro atoms. The minimum Gasteiger partial charge on any atom is -0.488 e. The van der Waals surface area contributed by atoms with Crippen LogP contribution in [0.1, 0.15) is 57.4 Å². The zero-order chi connectivity index (χ0) is 15.1. The molecule has 1 N–H and O–H groups in total. The number of nitrogens with one attached hydrogen (secondary N) is 1. The van der Waals surface area contributed by atoms with E-state index in [4.69, 9.17) is 16.3 Å². The van der Waals surface area contributed by atoms with Crippen LogP contribution in [0.25, 0.3) is 0 Å². The smallest absolute Gasteiger partial charge is 0.124 e. The van der Waals surface area contributed by atoms with Gasteiger partial charge in [-0.2, -0.15) is 0 Å². The monoisotopic (exact) mass is 309 g/mol. The van der Waals surface area contributed by atoms with Gasteiger partial charge in [0.25, 0.3) is 0 Å². The van der Waals surface area contributed by atoms with Crippen LogP contribution in [0.5, 0.6) is 5.75 Å². The molecule has 0 bridgehead atoms. The molecule has 0 radical (unpaired) electrons. The molecule has 1 aromatic carbocycles. The Labute approximate surface area is 134 Å². The second kappa shape index (κ2) is 8.65. The molecule has 2 unspecified atom stereocenters. The maximum absolute atomic E-state index is 6.37. The van der Waals surface area contributed by atoms with Crippen LogP contribution in [-0.4, -0.2) is 18.7 Å². The van der Waals surface area contributed by atoms with Crippen LogP contribution >= 0.6 is 11.6 Å². The Morgan fingerprint density at radius 2 is 1.95 bits per heavy atom. The third-order valence-corrected chi connectivity index (χ3v) is 4.52. The van der Waals surface area contributed by atoms with Gasteiger partial charge in [0, 0.05) is 11.1 Å². The Hall–Kier alpha value is -0.730. The number of benzene rings is 1. The van der Waals surface area contributed by atoms with Crippen molar-refractivity contribution in [2.75, 3.05) is 6.54 Å². The van der Waals surface area contributed by atoms with Crippen LogP contribution in [-0.2, 0) is 0 Å². The molecule has 1 aliphatic carbocycles. The van der Waals surface area contributed by atoms with Crippen LogP contribution in [0.2, 0.25) is 5.02 Å². The number of halogens is 1. The summed E-state index contributed by atoms with van der Waals surface area (Å²) >= 11 is 6.12. The number of aryl methyl sites for hydroxylation is 1. The minimum absolute atomic E-state index is 0.258. The Balaban J connectivity index is 2.08. The Morgan fingerprint density at radius 3 is 2.71 bits per heavy atom. The van der Waals surface area contributed by atoms with Crippen molar-refractivity contribution >= 4 is 11.6 Å². The Morgan fingerprint density at radius 1 is 1.19 bits per heavy atom. The quantitative estimate of drug-likeness (QED) is 0.815. The van der Waals surface area contributed by atoms with Gasteiger partial charge in [0.1, 0.15) is 11.9 Å². The minimum atomic E-state index is 0.258.